The first-order valence-corrected chi connectivity index (χ1v) is 4.13. The Morgan fingerprint density at radius 3 is 2.31 bits per heavy atom. The number of nitrogens with one attached hydrogen (secondary N) is 1. The van der Waals surface area contributed by atoms with Crippen LogP contribution >= 0.6 is 0 Å². The van der Waals surface area contributed by atoms with E-state index in [4.69, 9.17) is 10.5 Å². The zero-order valence-corrected chi connectivity index (χ0v) is 8.16. The lowest BCUT2D eigenvalue weighted by Gasteiger charge is -2.11. The summed E-state index contributed by atoms with van der Waals surface area (Å²) in [7, 11) is 0. The smallest absolute Gasteiger partial charge is 0.246 e. The lowest BCUT2D eigenvalue weighted by molar-refractivity contribution is -0.131. The SMILES string of the molecule is CC(C)OCC(=O)NC(C)C(N)=O. The average molecular weight is 188 g/mol. The number of rotatable bonds is 5. The molecule has 5 heteroatoms. The van der Waals surface area contributed by atoms with Crippen LogP contribution in [0.25, 0.3) is 0 Å². The number of ether oxygens (including phenoxy) is 1. The largest absolute Gasteiger partial charge is 0.369 e. The van der Waals surface area contributed by atoms with E-state index in [1.807, 2.05) is 13.8 Å². The van der Waals surface area contributed by atoms with E-state index in [9.17, 15) is 9.59 Å². The molecule has 0 saturated carbocycles. The normalized spacial score (nSPS) is 12.6. The Labute approximate surface area is 77.6 Å². The van der Waals surface area contributed by atoms with Crippen LogP contribution in [0.15, 0.2) is 0 Å². The molecule has 0 aliphatic carbocycles. The predicted molar refractivity (Wildman–Crippen MR) is 47.9 cm³/mol. The first-order chi connectivity index (χ1) is 5.93. The van der Waals surface area contributed by atoms with Crippen molar-refractivity contribution in [1.82, 2.24) is 5.32 Å². The van der Waals surface area contributed by atoms with Gasteiger partial charge in [-0.1, -0.05) is 0 Å². The van der Waals surface area contributed by atoms with Crippen LogP contribution in [-0.2, 0) is 14.3 Å². The fourth-order valence-electron chi connectivity index (χ4n) is 0.597. The number of carbonyl (C=O) groups is 2. The van der Waals surface area contributed by atoms with E-state index >= 15 is 0 Å². The third kappa shape index (κ3) is 6.10. The lowest BCUT2D eigenvalue weighted by atomic mass is 10.3. The van der Waals surface area contributed by atoms with E-state index in [1.165, 1.54) is 6.92 Å². The van der Waals surface area contributed by atoms with E-state index in [0.717, 1.165) is 0 Å². The Bertz CT molecular complexity index is 192. The lowest BCUT2D eigenvalue weighted by Crippen LogP contribution is -2.43. The first kappa shape index (κ1) is 11.9. The van der Waals surface area contributed by atoms with Crippen molar-refractivity contribution in [2.75, 3.05) is 6.61 Å². The standard InChI is InChI=1S/C8H16N2O3/c1-5(2)13-4-7(11)10-6(3)8(9)12/h5-6H,4H2,1-3H3,(H2,9,12)(H,10,11). The van der Waals surface area contributed by atoms with Gasteiger partial charge in [0.25, 0.3) is 0 Å². The van der Waals surface area contributed by atoms with Gasteiger partial charge in [-0.05, 0) is 20.8 Å². The second-order valence-corrected chi connectivity index (χ2v) is 3.05. The summed E-state index contributed by atoms with van der Waals surface area (Å²) in [5.41, 5.74) is 4.95. The fraction of sp³-hybridized carbons (Fsp3) is 0.750. The van der Waals surface area contributed by atoms with Crippen molar-refractivity contribution < 1.29 is 14.3 Å². The van der Waals surface area contributed by atoms with Crippen molar-refractivity contribution in [3.63, 3.8) is 0 Å². The van der Waals surface area contributed by atoms with Crippen molar-refractivity contribution >= 4 is 11.8 Å². The van der Waals surface area contributed by atoms with E-state index in [0.29, 0.717) is 0 Å². The quantitative estimate of drug-likeness (QED) is 0.604. The Hall–Kier alpha value is -1.10. The van der Waals surface area contributed by atoms with Gasteiger partial charge in [-0.2, -0.15) is 0 Å². The van der Waals surface area contributed by atoms with E-state index in [1.54, 1.807) is 0 Å². The summed E-state index contributed by atoms with van der Waals surface area (Å²) in [6, 6.07) is -0.650. The molecule has 0 aliphatic heterocycles. The molecule has 0 fully saturated rings. The molecule has 13 heavy (non-hydrogen) atoms. The van der Waals surface area contributed by atoms with Crippen LogP contribution in [0.4, 0.5) is 0 Å². The van der Waals surface area contributed by atoms with Crippen molar-refractivity contribution in [3.8, 4) is 0 Å². The zero-order chi connectivity index (χ0) is 10.4. The van der Waals surface area contributed by atoms with Crippen molar-refractivity contribution in [1.29, 1.82) is 0 Å². The minimum Gasteiger partial charge on any atom is -0.369 e. The molecular weight excluding hydrogens is 172 g/mol. The molecular formula is C8H16N2O3. The summed E-state index contributed by atoms with van der Waals surface area (Å²) in [5.74, 6) is -0.891. The molecule has 0 aromatic rings. The highest BCUT2D eigenvalue weighted by atomic mass is 16.5. The second-order valence-electron chi connectivity index (χ2n) is 3.05. The van der Waals surface area contributed by atoms with Crippen molar-refractivity contribution in [3.05, 3.63) is 0 Å². The average Bonchev–Trinajstić information content (AvgIpc) is 2.00. The predicted octanol–water partition coefficient (Wildman–Crippen LogP) is -0.599. The van der Waals surface area contributed by atoms with Gasteiger partial charge in [0.2, 0.25) is 11.8 Å². The summed E-state index contributed by atoms with van der Waals surface area (Å²) in [5, 5.41) is 2.40. The highest BCUT2D eigenvalue weighted by Crippen LogP contribution is 1.87. The molecule has 0 bridgehead atoms. The Kier molecular flexibility index (Phi) is 5.06. The molecule has 0 heterocycles. The molecule has 0 radical (unpaired) electrons. The first-order valence-electron chi connectivity index (χ1n) is 4.13. The van der Waals surface area contributed by atoms with Gasteiger partial charge in [-0.15, -0.1) is 0 Å². The highest BCUT2D eigenvalue weighted by molar-refractivity contribution is 5.86. The number of primary amides is 1. The minimum atomic E-state index is -0.650. The monoisotopic (exact) mass is 188 g/mol. The van der Waals surface area contributed by atoms with Gasteiger partial charge in [0.1, 0.15) is 12.6 Å². The van der Waals surface area contributed by atoms with Gasteiger partial charge in [-0.25, -0.2) is 0 Å². The zero-order valence-electron chi connectivity index (χ0n) is 8.16. The van der Waals surface area contributed by atoms with Gasteiger partial charge < -0.3 is 15.8 Å². The maximum Gasteiger partial charge on any atom is 0.246 e. The summed E-state index contributed by atoms with van der Waals surface area (Å²) >= 11 is 0. The van der Waals surface area contributed by atoms with E-state index < -0.39 is 11.9 Å². The van der Waals surface area contributed by atoms with E-state index in [2.05, 4.69) is 5.32 Å². The molecule has 2 amide bonds. The molecule has 0 spiro atoms. The van der Waals surface area contributed by atoms with Gasteiger partial charge >= 0.3 is 0 Å². The van der Waals surface area contributed by atoms with Crippen LogP contribution in [0, 0.1) is 0 Å². The molecule has 0 aromatic carbocycles. The number of hydrogen-bond donors (Lipinski definition) is 2. The third-order valence-electron chi connectivity index (χ3n) is 1.35. The molecule has 0 aliphatic rings. The molecule has 1 unspecified atom stereocenters. The Morgan fingerprint density at radius 1 is 1.38 bits per heavy atom. The van der Waals surface area contributed by atoms with Crippen LogP contribution in [0.5, 0.6) is 0 Å². The number of hydrogen-bond acceptors (Lipinski definition) is 3. The molecule has 3 N–H and O–H groups in total. The highest BCUT2D eigenvalue weighted by Gasteiger charge is 2.11. The Morgan fingerprint density at radius 2 is 1.92 bits per heavy atom. The minimum absolute atomic E-state index is 0.00497. The summed E-state index contributed by atoms with van der Waals surface area (Å²) in [6.45, 7) is 5.13. The molecule has 0 aromatic heterocycles. The van der Waals surface area contributed by atoms with Gasteiger partial charge in [0.15, 0.2) is 0 Å². The van der Waals surface area contributed by atoms with Gasteiger partial charge in [0.05, 0.1) is 6.10 Å². The summed E-state index contributed by atoms with van der Waals surface area (Å²) in [4.78, 5) is 21.6. The third-order valence-corrected chi connectivity index (χ3v) is 1.35. The van der Waals surface area contributed by atoms with Gasteiger partial charge in [0, 0.05) is 0 Å². The van der Waals surface area contributed by atoms with Crippen molar-refractivity contribution in [2.45, 2.75) is 32.9 Å². The van der Waals surface area contributed by atoms with Crippen LogP contribution < -0.4 is 11.1 Å². The van der Waals surface area contributed by atoms with Crippen molar-refractivity contribution in [2.24, 2.45) is 5.73 Å². The summed E-state index contributed by atoms with van der Waals surface area (Å²) < 4.78 is 5.02. The summed E-state index contributed by atoms with van der Waals surface area (Å²) in [6.07, 6.45) is -0.00497. The number of amides is 2. The van der Waals surface area contributed by atoms with Crippen LogP contribution in [-0.4, -0.2) is 30.6 Å². The molecule has 0 rings (SSSR count). The van der Waals surface area contributed by atoms with Gasteiger partial charge in [-0.3, -0.25) is 9.59 Å². The second kappa shape index (κ2) is 5.53. The molecule has 5 nitrogen and oxygen atoms in total. The van der Waals surface area contributed by atoms with Crippen LogP contribution in [0.2, 0.25) is 0 Å². The molecule has 76 valence electrons. The maximum absolute atomic E-state index is 11.0. The maximum atomic E-state index is 11.0. The van der Waals surface area contributed by atoms with E-state index in [-0.39, 0.29) is 18.6 Å². The molecule has 0 saturated heterocycles. The number of nitrogens with two attached hydrogens (primary N) is 1. The molecule has 1 atom stereocenters. The Balaban J connectivity index is 3.68. The fourth-order valence-corrected chi connectivity index (χ4v) is 0.597. The van der Waals surface area contributed by atoms with Crippen LogP contribution in [0.3, 0.4) is 0 Å². The number of carbonyl (C=O) groups excluding carboxylic acids is 2. The van der Waals surface area contributed by atoms with Crippen LogP contribution in [0.1, 0.15) is 20.8 Å². The topological polar surface area (TPSA) is 81.4 Å².